The summed E-state index contributed by atoms with van der Waals surface area (Å²) in [5, 5.41) is 16.0. The third-order valence-corrected chi connectivity index (χ3v) is 42.8. The average Bonchev–Trinajstić information content (AvgIpc) is 3.71. The molecule has 0 N–H and O–H groups in total. The van der Waals surface area contributed by atoms with Crippen LogP contribution in [0.15, 0.2) is 364 Å². The third-order valence-electron chi connectivity index (χ3n) is 15.5. The smallest absolute Gasteiger partial charge is 0.0620 e. The molecule has 0 atom stereocenters. The van der Waals surface area contributed by atoms with Crippen LogP contribution in [-0.4, -0.2) is 4.38 Å². The first-order valence-corrected chi connectivity index (χ1v) is 33.7. The van der Waals surface area contributed by atoms with E-state index >= 15 is 0 Å². The summed E-state index contributed by atoms with van der Waals surface area (Å²) in [6.07, 6.45) is 0. The molecule has 0 aliphatic rings. The van der Waals surface area contributed by atoms with Gasteiger partial charge in [-0.2, -0.15) is 0 Å². The topological polar surface area (TPSA) is 0 Å². The number of rotatable bonds is 16. The van der Waals surface area contributed by atoms with Crippen LogP contribution in [0.3, 0.4) is 0 Å². The van der Waals surface area contributed by atoms with Gasteiger partial charge in [0.15, 0.2) is 0 Å². The molecule has 77 heavy (non-hydrogen) atoms. The molecule has 0 bridgehead atoms. The van der Waals surface area contributed by atoms with Crippen LogP contribution in [0.4, 0.5) is 0 Å². The van der Waals surface area contributed by atoms with Crippen LogP contribution in [0.25, 0.3) is 0 Å². The highest BCUT2D eigenvalue weighted by Crippen LogP contribution is 3.08. The van der Waals surface area contributed by atoms with Gasteiger partial charge in [0.05, 0.1) is 0 Å². The summed E-state index contributed by atoms with van der Waals surface area (Å²) in [7, 11) is -14.0. The van der Waals surface area contributed by atoms with Gasteiger partial charge in [-0.05, 0) is 146 Å². The second-order valence-electron chi connectivity index (χ2n) is 19.3. The SMILES string of the molecule is c1ccc([P+](c2ccccc2)(c2ccccc2)C([P+](c2ccccc2)(c2ccccc2)c2ccccc2)([P+](c2ccccc2)(c2ccccc2)c2ccccc2)[P+](c2ccccc2)(c2ccccc2)c2ccccc2)cc1. The molecule has 12 aromatic rings. The maximum Gasteiger partial charge on any atom is 0.392 e. The molecule has 368 valence electrons. The fourth-order valence-corrected chi connectivity index (χ4v) is 51.5. The van der Waals surface area contributed by atoms with Crippen LogP contribution in [0.1, 0.15) is 0 Å². The number of benzene rings is 12. The Hall–Kier alpha value is -7.64. The van der Waals surface area contributed by atoms with Gasteiger partial charge in [-0.3, -0.25) is 0 Å². The lowest BCUT2D eigenvalue weighted by atomic mass is 10.3. The Morgan fingerprint density at radius 1 is 0.117 bits per heavy atom. The Kier molecular flexibility index (Phi) is 14.4. The quantitative estimate of drug-likeness (QED) is 0.0846. The van der Waals surface area contributed by atoms with Crippen molar-refractivity contribution in [2.75, 3.05) is 0 Å². The van der Waals surface area contributed by atoms with Gasteiger partial charge in [0, 0.05) is 0 Å². The van der Waals surface area contributed by atoms with Crippen molar-refractivity contribution in [3.05, 3.63) is 364 Å². The molecule has 0 saturated carbocycles. The van der Waals surface area contributed by atoms with E-state index in [1.165, 1.54) is 63.7 Å². The molecule has 0 unspecified atom stereocenters. The Bertz CT molecular complexity index is 2850. The van der Waals surface area contributed by atoms with Crippen molar-refractivity contribution in [2.45, 2.75) is 4.38 Å². The standard InChI is InChI=1S/C73H60P4/c1-13-37-61(38-14-1)74(62-39-15-2-16-40-62,63-41-17-3-18-42-63)73(75(64-43-19-4-20-44-64,65-45-21-5-22-46-65)66-47-23-6-24-48-66,76(67-49-25-7-26-50-67,68-51-27-8-28-52-68)69-53-29-9-30-54-69)77(70-55-31-10-32-56-70,71-57-33-11-34-58-71)72-59-35-12-36-60-72/h1-60H/q+4. The van der Waals surface area contributed by atoms with Crippen molar-refractivity contribution >= 4 is 92.7 Å². The van der Waals surface area contributed by atoms with Crippen molar-refractivity contribution in [3.63, 3.8) is 0 Å². The molecule has 12 rings (SSSR count). The Labute approximate surface area is 458 Å². The summed E-state index contributed by atoms with van der Waals surface area (Å²) in [5.74, 6) is 0. The first-order chi connectivity index (χ1) is 38.3. The van der Waals surface area contributed by atoms with E-state index in [1.54, 1.807) is 0 Å². The number of hydrogen-bond donors (Lipinski definition) is 0. The second-order valence-corrected chi connectivity index (χ2v) is 35.7. The normalized spacial score (nSPS) is 12.2. The molecule has 0 saturated heterocycles. The third kappa shape index (κ3) is 7.81. The lowest BCUT2D eigenvalue weighted by Crippen LogP contribution is -2.66. The highest BCUT2D eigenvalue weighted by atomic mass is 31.3. The molecular weight excluding hydrogens is 1000 g/mol. The van der Waals surface area contributed by atoms with Gasteiger partial charge in [0.2, 0.25) is 29.0 Å². The van der Waals surface area contributed by atoms with Gasteiger partial charge in [-0.25, -0.2) is 0 Å². The van der Waals surface area contributed by atoms with E-state index in [9.17, 15) is 0 Å². The van der Waals surface area contributed by atoms with Crippen LogP contribution < -0.4 is 63.7 Å². The Morgan fingerprint density at radius 2 is 0.195 bits per heavy atom. The maximum absolute atomic E-state index is 3.50. The summed E-state index contributed by atoms with van der Waals surface area (Å²) in [6.45, 7) is 0. The van der Waals surface area contributed by atoms with E-state index < -0.39 is 33.4 Å². The van der Waals surface area contributed by atoms with Crippen molar-refractivity contribution in [1.29, 1.82) is 0 Å². The van der Waals surface area contributed by atoms with Gasteiger partial charge in [0.25, 0.3) is 0 Å². The first kappa shape index (κ1) is 50.2. The van der Waals surface area contributed by atoms with Crippen molar-refractivity contribution in [1.82, 2.24) is 0 Å². The minimum absolute atomic E-state index is 0.956. The average molecular weight is 1060 g/mol. The molecular formula is C73H60P4+4. The molecule has 0 aliphatic heterocycles. The lowest BCUT2D eigenvalue weighted by molar-refractivity contribution is 1.52. The summed E-state index contributed by atoms with van der Waals surface area (Å²) in [6, 6.07) is 143. The van der Waals surface area contributed by atoms with E-state index in [4.69, 9.17) is 0 Å². The second kappa shape index (κ2) is 22.1. The first-order valence-electron chi connectivity index (χ1n) is 26.5. The molecule has 12 aromatic carbocycles. The fourth-order valence-electron chi connectivity index (χ4n) is 13.0. The molecule has 0 spiro atoms. The van der Waals surface area contributed by atoms with Crippen molar-refractivity contribution in [3.8, 4) is 0 Å². The molecule has 0 amide bonds. The van der Waals surface area contributed by atoms with Crippen LogP contribution in [-0.2, 0) is 0 Å². The molecule has 0 aromatic heterocycles. The van der Waals surface area contributed by atoms with Crippen LogP contribution in [0, 0.1) is 0 Å². The summed E-state index contributed by atoms with van der Waals surface area (Å²) < 4.78 is -0.956. The lowest BCUT2D eigenvalue weighted by Gasteiger charge is -2.56. The predicted molar refractivity (Wildman–Crippen MR) is 343 cm³/mol. The predicted octanol–water partition coefficient (Wildman–Crippen LogP) is 13.6. The van der Waals surface area contributed by atoms with Gasteiger partial charge in [0.1, 0.15) is 63.7 Å². The van der Waals surface area contributed by atoms with E-state index in [0.29, 0.717) is 0 Å². The van der Waals surface area contributed by atoms with Gasteiger partial charge < -0.3 is 0 Å². The van der Waals surface area contributed by atoms with Gasteiger partial charge >= 0.3 is 4.38 Å². The highest BCUT2D eigenvalue weighted by molar-refractivity contribution is 8.38. The molecule has 0 nitrogen and oxygen atoms in total. The van der Waals surface area contributed by atoms with Gasteiger partial charge in [-0.1, -0.05) is 218 Å². The molecule has 0 heterocycles. The summed E-state index contributed by atoms with van der Waals surface area (Å²) >= 11 is 0. The zero-order valence-electron chi connectivity index (χ0n) is 42.9. The Balaban J connectivity index is 1.64. The zero-order chi connectivity index (χ0) is 51.9. The van der Waals surface area contributed by atoms with E-state index in [2.05, 4.69) is 364 Å². The molecule has 0 radical (unpaired) electrons. The highest BCUT2D eigenvalue weighted by Gasteiger charge is 3.03. The van der Waals surface area contributed by atoms with Crippen LogP contribution >= 0.6 is 29.0 Å². The van der Waals surface area contributed by atoms with Crippen molar-refractivity contribution < 1.29 is 0 Å². The number of hydrogen-bond acceptors (Lipinski definition) is 0. The molecule has 0 fully saturated rings. The van der Waals surface area contributed by atoms with Gasteiger partial charge in [-0.15, -0.1) is 0 Å². The molecule has 0 aliphatic carbocycles. The van der Waals surface area contributed by atoms with Crippen LogP contribution in [0.5, 0.6) is 0 Å². The Morgan fingerprint density at radius 3 is 0.273 bits per heavy atom. The minimum Gasteiger partial charge on any atom is -0.0620 e. The monoisotopic (exact) mass is 1060 g/mol. The summed E-state index contributed by atoms with van der Waals surface area (Å²) in [4.78, 5) is 0. The van der Waals surface area contributed by atoms with Crippen LogP contribution in [0.2, 0.25) is 0 Å². The minimum atomic E-state index is -3.50. The van der Waals surface area contributed by atoms with E-state index in [0.717, 1.165) is 0 Å². The molecule has 4 heteroatoms. The fraction of sp³-hybridized carbons (Fsp3) is 0.0137. The van der Waals surface area contributed by atoms with E-state index in [1.807, 2.05) is 0 Å². The maximum atomic E-state index is 2.53. The summed E-state index contributed by atoms with van der Waals surface area (Å²) in [5.41, 5.74) is 0. The van der Waals surface area contributed by atoms with E-state index in [-0.39, 0.29) is 0 Å². The zero-order valence-corrected chi connectivity index (χ0v) is 46.5. The van der Waals surface area contributed by atoms with Crippen molar-refractivity contribution in [2.24, 2.45) is 0 Å². The largest absolute Gasteiger partial charge is 0.392 e.